The number of methoxy groups -OCH3 is 1. The molecule has 0 saturated heterocycles. The molecule has 0 atom stereocenters. The summed E-state index contributed by atoms with van der Waals surface area (Å²) in [6, 6.07) is 12.6. The normalized spacial score (nSPS) is 12.2. The van der Waals surface area contributed by atoms with Gasteiger partial charge in [-0.1, -0.05) is 43.0 Å². The highest BCUT2D eigenvalue weighted by Gasteiger charge is 2.09. The van der Waals surface area contributed by atoms with Crippen LogP contribution in [0.3, 0.4) is 0 Å². The summed E-state index contributed by atoms with van der Waals surface area (Å²) in [5.74, 6) is 0.489. The van der Waals surface area contributed by atoms with E-state index in [1.165, 1.54) is 0 Å². The van der Waals surface area contributed by atoms with Crippen molar-refractivity contribution in [3.8, 4) is 5.75 Å². The van der Waals surface area contributed by atoms with E-state index in [1.807, 2.05) is 43.3 Å². The van der Waals surface area contributed by atoms with Crippen molar-refractivity contribution in [1.82, 2.24) is 10.3 Å². The summed E-state index contributed by atoms with van der Waals surface area (Å²) in [4.78, 5) is 27.9. The number of amides is 1. The van der Waals surface area contributed by atoms with Crippen molar-refractivity contribution in [3.05, 3.63) is 87.2 Å². The van der Waals surface area contributed by atoms with Crippen molar-refractivity contribution < 1.29 is 9.53 Å². The summed E-state index contributed by atoms with van der Waals surface area (Å²) in [5, 5.41) is 5.72. The van der Waals surface area contributed by atoms with Crippen LogP contribution in [0.25, 0.3) is 22.9 Å². The molecule has 3 aromatic rings. The molecular formula is C23H22N2O3. The van der Waals surface area contributed by atoms with Gasteiger partial charge in [-0.15, -0.1) is 0 Å². The minimum atomic E-state index is -0.246. The first-order chi connectivity index (χ1) is 13.6. The Labute approximate surface area is 162 Å². The third-order valence-electron chi connectivity index (χ3n) is 4.52. The lowest BCUT2D eigenvalue weighted by Crippen LogP contribution is -2.35. The summed E-state index contributed by atoms with van der Waals surface area (Å²) in [6.45, 7) is 5.96. The monoisotopic (exact) mass is 374 g/mol. The number of nitrogens with one attached hydrogen (secondary N) is 2. The first kappa shape index (κ1) is 19.2. The highest BCUT2D eigenvalue weighted by atomic mass is 16.5. The number of pyridine rings is 1. The van der Waals surface area contributed by atoms with Gasteiger partial charge >= 0.3 is 0 Å². The molecule has 5 nitrogen and oxygen atoms in total. The Morgan fingerprint density at radius 3 is 2.75 bits per heavy atom. The van der Waals surface area contributed by atoms with Gasteiger partial charge in [-0.05, 0) is 42.1 Å². The molecule has 0 aliphatic heterocycles. The fraction of sp³-hybridized carbons (Fsp3) is 0.130. The number of rotatable bonds is 5. The molecule has 5 heteroatoms. The lowest BCUT2D eigenvalue weighted by atomic mass is 10.1. The molecule has 0 unspecified atom stereocenters. The summed E-state index contributed by atoms with van der Waals surface area (Å²) >= 11 is 0. The topological polar surface area (TPSA) is 71.2 Å². The summed E-state index contributed by atoms with van der Waals surface area (Å²) in [6.07, 6.45) is 5.36. The van der Waals surface area contributed by atoms with Crippen LogP contribution in [0.15, 0.2) is 59.9 Å². The number of allylic oxidation sites excluding steroid dienone is 1. The molecule has 3 rings (SSSR count). The van der Waals surface area contributed by atoms with E-state index in [9.17, 15) is 9.59 Å². The fourth-order valence-corrected chi connectivity index (χ4v) is 3.10. The highest BCUT2D eigenvalue weighted by Crippen LogP contribution is 2.13. The van der Waals surface area contributed by atoms with Gasteiger partial charge in [0.05, 0.1) is 7.11 Å². The van der Waals surface area contributed by atoms with Crippen molar-refractivity contribution in [1.29, 1.82) is 0 Å². The zero-order valence-electron chi connectivity index (χ0n) is 15.9. The maximum atomic E-state index is 12.6. The molecule has 1 heterocycles. The number of hydrogen-bond donors (Lipinski definition) is 2. The van der Waals surface area contributed by atoms with Crippen LogP contribution in [0.2, 0.25) is 0 Å². The number of fused-ring (bicyclic) bond motifs is 1. The first-order valence-corrected chi connectivity index (χ1v) is 8.93. The van der Waals surface area contributed by atoms with Gasteiger partial charge in [-0.2, -0.15) is 0 Å². The van der Waals surface area contributed by atoms with Gasteiger partial charge in [-0.3, -0.25) is 9.59 Å². The third-order valence-corrected chi connectivity index (χ3v) is 4.52. The van der Waals surface area contributed by atoms with E-state index in [0.29, 0.717) is 17.5 Å². The van der Waals surface area contributed by atoms with Crippen LogP contribution in [0.4, 0.5) is 0 Å². The molecule has 0 saturated carbocycles. The molecule has 0 aliphatic carbocycles. The molecule has 1 amide bonds. The predicted octanol–water partition coefficient (Wildman–Crippen LogP) is 2.23. The molecule has 0 aliphatic rings. The Balaban J connectivity index is 1.94. The first-order valence-electron chi connectivity index (χ1n) is 8.93. The fourth-order valence-electron chi connectivity index (χ4n) is 3.10. The Bertz CT molecular complexity index is 1220. The predicted molar refractivity (Wildman–Crippen MR) is 113 cm³/mol. The molecule has 28 heavy (non-hydrogen) atoms. The van der Waals surface area contributed by atoms with Crippen molar-refractivity contribution in [2.75, 3.05) is 7.11 Å². The quantitative estimate of drug-likeness (QED) is 0.719. The second kappa shape index (κ2) is 8.39. The summed E-state index contributed by atoms with van der Waals surface area (Å²) in [5.41, 5.74) is 1.13. The van der Waals surface area contributed by atoms with Crippen molar-refractivity contribution >= 4 is 28.8 Å². The average Bonchev–Trinajstić information content (AvgIpc) is 2.73. The molecule has 1 aromatic heterocycles. The van der Waals surface area contributed by atoms with Gasteiger partial charge in [0.25, 0.3) is 11.5 Å². The second-order valence-electron chi connectivity index (χ2n) is 6.27. The number of hydrogen-bond acceptors (Lipinski definition) is 3. The van der Waals surface area contributed by atoms with Gasteiger partial charge in [0, 0.05) is 28.1 Å². The van der Waals surface area contributed by atoms with E-state index in [-0.39, 0.29) is 11.5 Å². The number of aromatic nitrogens is 1. The largest absolute Gasteiger partial charge is 0.497 e. The highest BCUT2D eigenvalue weighted by molar-refractivity contribution is 5.98. The Hall–Kier alpha value is -3.60. The summed E-state index contributed by atoms with van der Waals surface area (Å²) < 4.78 is 5.19. The molecule has 0 spiro atoms. The minimum Gasteiger partial charge on any atom is -0.497 e. The Morgan fingerprint density at radius 1 is 1.21 bits per heavy atom. The number of carbonyl (C=O) groups is 1. The van der Waals surface area contributed by atoms with Crippen LogP contribution in [-0.4, -0.2) is 18.0 Å². The lowest BCUT2D eigenvalue weighted by molar-refractivity contribution is 0.0951. The molecule has 0 bridgehead atoms. The maximum Gasteiger partial charge on any atom is 0.256 e. The molecular weight excluding hydrogens is 352 g/mol. The number of carbonyl (C=O) groups excluding carboxylic acids is 1. The average molecular weight is 374 g/mol. The van der Waals surface area contributed by atoms with Crippen LogP contribution in [0.5, 0.6) is 5.75 Å². The number of ether oxygens (including phenoxy) is 1. The molecule has 2 N–H and O–H groups in total. The minimum absolute atomic E-state index is 0.230. The van der Waals surface area contributed by atoms with Gasteiger partial charge in [0.2, 0.25) is 0 Å². The summed E-state index contributed by atoms with van der Waals surface area (Å²) in [7, 11) is 1.60. The van der Waals surface area contributed by atoms with E-state index in [2.05, 4.69) is 16.9 Å². The van der Waals surface area contributed by atoms with Crippen LogP contribution in [-0.2, 0) is 6.54 Å². The van der Waals surface area contributed by atoms with Gasteiger partial charge < -0.3 is 15.0 Å². The Morgan fingerprint density at radius 2 is 2.04 bits per heavy atom. The van der Waals surface area contributed by atoms with E-state index >= 15 is 0 Å². The van der Waals surface area contributed by atoms with Gasteiger partial charge in [0.1, 0.15) is 5.75 Å². The van der Waals surface area contributed by atoms with Crippen LogP contribution >= 0.6 is 0 Å². The van der Waals surface area contributed by atoms with Crippen molar-refractivity contribution in [2.45, 2.75) is 13.5 Å². The number of H-pyrrole nitrogens is 1. The van der Waals surface area contributed by atoms with Gasteiger partial charge in [-0.25, -0.2) is 0 Å². The third kappa shape index (κ3) is 3.88. The van der Waals surface area contributed by atoms with Crippen molar-refractivity contribution in [3.63, 3.8) is 0 Å². The van der Waals surface area contributed by atoms with E-state index < -0.39 is 0 Å². The molecule has 142 valence electrons. The zero-order valence-corrected chi connectivity index (χ0v) is 15.9. The molecule has 0 radical (unpaired) electrons. The maximum absolute atomic E-state index is 12.6. The zero-order chi connectivity index (χ0) is 20.1. The number of aromatic amines is 1. The second-order valence-corrected chi connectivity index (χ2v) is 6.27. The standard InChI is InChI=1S/C23H22N2O3/c1-4-7-19-18-11-10-16(13-20(18)23(27)25-21(19)5-2)22(26)24-14-15-8-6-9-17(12-15)28-3/h4-13H,1,14H2,2-3H3,(H,24,26)(H,25,27)/b19-7-,21-5+. The molecule has 2 aromatic carbocycles. The molecule has 0 fully saturated rings. The van der Waals surface area contributed by atoms with Crippen LogP contribution in [0, 0.1) is 0 Å². The SMILES string of the molecule is C=C/C=c1\c(=C/C)[nH]c(=O)c2cc(C(=O)NCc3cccc(OC)c3)ccc12. The van der Waals surface area contributed by atoms with Crippen LogP contribution < -0.4 is 26.2 Å². The van der Waals surface area contributed by atoms with Crippen LogP contribution in [0.1, 0.15) is 22.8 Å². The van der Waals surface area contributed by atoms with E-state index in [0.717, 1.165) is 27.3 Å². The van der Waals surface area contributed by atoms with Gasteiger partial charge in [0.15, 0.2) is 0 Å². The van der Waals surface area contributed by atoms with E-state index in [1.54, 1.807) is 31.4 Å². The lowest BCUT2D eigenvalue weighted by Gasteiger charge is -2.08. The number of benzene rings is 2. The van der Waals surface area contributed by atoms with Crippen molar-refractivity contribution in [2.24, 2.45) is 0 Å². The smallest absolute Gasteiger partial charge is 0.256 e. The van der Waals surface area contributed by atoms with E-state index in [4.69, 9.17) is 4.74 Å². The Kier molecular flexibility index (Phi) is 5.75.